The van der Waals surface area contributed by atoms with Gasteiger partial charge in [-0.25, -0.2) is 0 Å². The molecule has 3 N–H and O–H groups in total. The van der Waals surface area contributed by atoms with Crippen LogP contribution in [0.1, 0.15) is 26.7 Å². The second kappa shape index (κ2) is 11.0. The Labute approximate surface area is 109 Å². The van der Waals surface area contributed by atoms with Crippen LogP contribution in [0.5, 0.6) is 0 Å². The van der Waals surface area contributed by atoms with Gasteiger partial charge in [-0.1, -0.05) is 0 Å². The second-order valence-corrected chi connectivity index (χ2v) is 4.31. The molecule has 0 bridgehead atoms. The molecule has 0 heterocycles. The lowest BCUT2D eigenvalue weighted by molar-refractivity contribution is -0.121. The van der Waals surface area contributed by atoms with Crippen LogP contribution in [0, 0.1) is 0 Å². The molecule has 0 aromatic carbocycles. The van der Waals surface area contributed by atoms with Crippen LogP contribution in [0.3, 0.4) is 0 Å². The van der Waals surface area contributed by atoms with Crippen LogP contribution in [0.2, 0.25) is 0 Å². The van der Waals surface area contributed by atoms with Crippen molar-refractivity contribution < 1.29 is 14.3 Å². The van der Waals surface area contributed by atoms with Gasteiger partial charge in [0, 0.05) is 45.6 Å². The van der Waals surface area contributed by atoms with Crippen LogP contribution in [0.25, 0.3) is 0 Å². The molecule has 18 heavy (non-hydrogen) atoms. The largest absolute Gasteiger partial charge is 0.383 e. The molecule has 0 saturated heterocycles. The van der Waals surface area contributed by atoms with E-state index in [1.165, 1.54) is 0 Å². The average Bonchev–Trinajstić information content (AvgIpc) is 2.28. The Morgan fingerprint density at radius 3 is 2.22 bits per heavy atom. The predicted molar refractivity (Wildman–Crippen MR) is 70.3 cm³/mol. The summed E-state index contributed by atoms with van der Waals surface area (Å²) in [5, 5.41) is 8.59. The van der Waals surface area contributed by atoms with E-state index in [-0.39, 0.29) is 17.9 Å². The summed E-state index contributed by atoms with van der Waals surface area (Å²) in [6.07, 6.45) is 0.846. The number of rotatable bonds is 10. The molecule has 0 aromatic rings. The number of hydrogen-bond donors (Lipinski definition) is 3. The van der Waals surface area contributed by atoms with Gasteiger partial charge >= 0.3 is 0 Å². The Kier molecular flexibility index (Phi) is 10.3. The highest BCUT2D eigenvalue weighted by Crippen LogP contribution is 1.83. The summed E-state index contributed by atoms with van der Waals surface area (Å²) in [6.45, 7) is 6.07. The molecule has 0 fully saturated rings. The van der Waals surface area contributed by atoms with E-state index in [0.29, 0.717) is 39.1 Å². The van der Waals surface area contributed by atoms with Gasteiger partial charge in [0.1, 0.15) is 0 Å². The van der Waals surface area contributed by atoms with E-state index in [2.05, 4.69) is 16.0 Å². The summed E-state index contributed by atoms with van der Waals surface area (Å²) in [5.41, 5.74) is 0. The monoisotopic (exact) mass is 259 g/mol. The Hall–Kier alpha value is -1.14. The lowest BCUT2D eigenvalue weighted by Crippen LogP contribution is -2.34. The van der Waals surface area contributed by atoms with E-state index in [4.69, 9.17) is 4.74 Å². The van der Waals surface area contributed by atoms with Gasteiger partial charge in [-0.15, -0.1) is 0 Å². The van der Waals surface area contributed by atoms with E-state index in [1.54, 1.807) is 7.11 Å². The first kappa shape index (κ1) is 16.9. The van der Waals surface area contributed by atoms with Gasteiger partial charge in [0.15, 0.2) is 0 Å². The highest BCUT2D eigenvalue weighted by atomic mass is 16.5. The van der Waals surface area contributed by atoms with E-state index in [0.717, 1.165) is 0 Å². The summed E-state index contributed by atoms with van der Waals surface area (Å²) in [7, 11) is 1.59. The van der Waals surface area contributed by atoms with E-state index in [9.17, 15) is 9.59 Å². The van der Waals surface area contributed by atoms with E-state index in [1.807, 2.05) is 13.8 Å². The molecule has 0 aliphatic carbocycles. The van der Waals surface area contributed by atoms with Crippen LogP contribution in [-0.2, 0) is 14.3 Å². The molecular weight excluding hydrogens is 234 g/mol. The molecule has 2 amide bonds. The van der Waals surface area contributed by atoms with Gasteiger partial charge in [-0.3, -0.25) is 9.59 Å². The van der Waals surface area contributed by atoms with Crippen molar-refractivity contribution in [2.24, 2.45) is 0 Å². The summed E-state index contributed by atoms with van der Waals surface area (Å²) >= 11 is 0. The second-order valence-electron chi connectivity index (χ2n) is 4.31. The molecular formula is C12H25N3O3. The SMILES string of the molecule is COCCNC(=O)CCNCCC(=O)NC(C)C. The van der Waals surface area contributed by atoms with Crippen molar-refractivity contribution in [1.82, 2.24) is 16.0 Å². The van der Waals surface area contributed by atoms with E-state index < -0.39 is 0 Å². The first-order valence-electron chi connectivity index (χ1n) is 6.32. The summed E-state index contributed by atoms with van der Waals surface area (Å²) in [4.78, 5) is 22.6. The molecule has 106 valence electrons. The number of methoxy groups -OCH3 is 1. The van der Waals surface area contributed by atoms with Gasteiger partial charge in [0.05, 0.1) is 6.61 Å². The summed E-state index contributed by atoms with van der Waals surface area (Å²) in [5.74, 6) is 0.0215. The van der Waals surface area contributed by atoms with Crippen LogP contribution < -0.4 is 16.0 Å². The molecule has 0 rings (SSSR count). The maximum Gasteiger partial charge on any atom is 0.221 e. The first-order chi connectivity index (χ1) is 8.56. The number of ether oxygens (including phenoxy) is 1. The quantitative estimate of drug-likeness (QED) is 0.468. The van der Waals surface area contributed by atoms with Crippen molar-refractivity contribution in [3.8, 4) is 0 Å². The fourth-order valence-electron chi connectivity index (χ4n) is 1.30. The zero-order valence-electron chi connectivity index (χ0n) is 11.5. The van der Waals surface area contributed by atoms with Crippen molar-refractivity contribution in [3.63, 3.8) is 0 Å². The van der Waals surface area contributed by atoms with Gasteiger partial charge in [0.25, 0.3) is 0 Å². The molecule has 0 aliphatic rings. The molecule has 6 heteroatoms. The third-order valence-corrected chi connectivity index (χ3v) is 2.14. The highest BCUT2D eigenvalue weighted by molar-refractivity contribution is 5.76. The fraction of sp³-hybridized carbons (Fsp3) is 0.833. The maximum absolute atomic E-state index is 11.3. The fourth-order valence-corrected chi connectivity index (χ4v) is 1.30. The summed E-state index contributed by atoms with van der Waals surface area (Å²) in [6, 6.07) is 0.170. The highest BCUT2D eigenvalue weighted by Gasteiger charge is 2.03. The van der Waals surface area contributed by atoms with Crippen LogP contribution >= 0.6 is 0 Å². The molecule has 0 unspecified atom stereocenters. The van der Waals surface area contributed by atoms with Gasteiger partial charge < -0.3 is 20.7 Å². The Morgan fingerprint density at radius 2 is 1.67 bits per heavy atom. The predicted octanol–water partition coefficient (Wildman–Crippen LogP) is -0.357. The molecule has 0 atom stereocenters. The lowest BCUT2D eigenvalue weighted by atomic mass is 10.3. The number of hydrogen-bond acceptors (Lipinski definition) is 4. The first-order valence-corrected chi connectivity index (χ1v) is 6.32. The molecule has 0 saturated carbocycles. The smallest absolute Gasteiger partial charge is 0.221 e. The minimum absolute atomic E-state index is 0.00816. The number of nitrogens with one attached hydrogen (secondary N) is 3. The molecule has 0 spiro atoms. The van der Waals surface area contributed by atoms with Crippen molar-refractivity contribution in [2.75, 3.05) is 33.4 Å². The average molecular weight is 259 g/mol. The van der Waals surface area contributed by atoms with Gasteiger partial charge in [0.2, 0.25) is 11.8 Å². The van der Waals surface area contributed by atoms with Crippen molar-refractivity contribution in [3.05, 3.63) is 0 Å². The third-order valence-electron chi connectivity index (χ3n) is 2.14. The van der Waals surface area contributed by atoms with E-state index >= 15 is 0 Å². The standard InChI is InChI=1S/C12H25N3O3/c1-10(2)15-12(17)5-7-13-6-4-11(16)14-8-9-18-3/h10,13H,4-9H2,1-3H3,(H,14,16)(H,15,17). The minimum atomic E-state index is -0.00816. The third kappa shape index (κ3) is 11.3. The van der Waals surface area contributed by atoms with Gasteiger partial charge in [-0.2, -0.15) is 0 Å². The maximum atomic E-state index is 11.3. The molecule has 6 nitrogen and oxygen atoms in total. The number of carbonyl (C=O) groups excluding carboxylic acids is 2. The minimum Gasteiger partial charge on any atom is -0.383 e. The number of amides is 2. The van der Waals surface area contributed by atoms with Crippen molar-refractivity contribution >= 4 is 11.8 Å². The summed E-state index contributed by atoms with van der Waals surface area (Å²) < 4.78 is 4.82. The normalized spacial score (nSPS) is 10.4. The Morgan fingerprint density at radius 1 is 1.06 bits per heavy atom. The van der Waals surface area contributed by atoms with Crippen molar-refractivity contribution in [1.29, 1.82) is 0 Å². The Balaban J connectivity index is 3.34. The molecule has 0 aliphatic heterocycles. The Bertz CT molecular complexity index is 245. The zero-order chi connectivity index (χ0) is 13.8. The van der Waals surface area contributed by atoms with Crippen LogP contribution in [0.4, 0.5) is 0 Å². The lowest BCUT2D eigenvalue weighted by Gasteiger charge is -2.09. The molecule has 0 aromatic heterocycles. The van der Waals surface area contributed by atoms with Crippen LogP contribution in [0.15, 0.2) is 0 Å². The molecule has 0 radical (unpaired) electrons. The van der Waals surface area contributed by atoms with Gasteiger partial charge in [-0.05, 0) is 13.8 Å². The topological polar surface area (TPSA) is 79.5 Å². The van der Waals surface area contributed by atoms with Crippen molar-refractivity contribution in [2.45, 2.75) is 32.7 Å². The van der Waals surface area contributed by atoms with Crippen LogP contribution in [-0.4, -0.2) is 51.2 Å². The number of carbonyl (C=O) groups is 2. The zero-order valence-corrected chi connectivity index (χ0v) is 11.5.